The molecule has 9 heteroatoms. The number of rotatable bonds is 5. The number of amidine groups is 1. The maximum absolute atomic E-state index is 11.1. The molecule has 0 atom stereocenters. The molecular formula is C11H16ClN3O4S. The van der Waals surface area contributed by atoms with Gasteiger partial charge >= 0.3 is 0 Å². The van der Waals surface area contributed by atoms with Crippen molar-refractivity contribution in [2.24, 2.45) is 4.99 Å². The fourth-order valence-electron chi connectivity index (χ4n) is 1.58. The summed E-state index contributed by atoms with van der Waals surface area (Å²) in [4.78, 5) is 4.17. The Morgan fingerprint density at radius 2 is 2.25 bits per heavy atom. The summed E-state index contributed by atoms with van der Waals surface area (Å²) in [5.74, 6) is 1.04. The maximum Gasteiger partial charge on any atom is 0.229 e. The first-order chi connectivity index (χ1) is 8.94. The van der Waals surface area contributed by atoms with Crippen molar-refractivity contribution >= 4 is 34.0 Å². The first kappa shape index (κ1) is 16.4. The molecule has 0 fully saturated rings. The Labute approximate surface area is 123 Å². The Kier molecular flexibility index (Phi) is 5.46. The summed E-state index contributed by atoms with van der Waals surface area (Å²) < 4.78 is 30.0. The summed E-state index contributed by atoms with van der Waals surface area (Å²) in [6, 6.07) is 4.34. The Hall–Kier alpha value is -1.67. The molecule has 0 bridgehead atoms. The number of aliphatic imine (C=N–C) groups is 1. The molecule has 2 rings (SSSR count). The smallest absolute Gasteiger partial charge is 0.229 e. The van der Waals surface area contributed by atoms with Crippen molar-refractivity contribution in [2.45, 2.75) is 0 Å². The van der Waals surface area contributed by atoms with Gasteiger partial charge in [-0.15, -0.1) is 12.4 Å². The molecular weight excluding hydrogens is 306 g/mol. The first-order valence-electron chi connectivity index (χ1n) is 5.65. The second-order valence-corrected chi connectivity index (χ2v) is 5.85. The van der Waals surface area contributed by atoms with Crippen molar-refractivity contribution < 1.29 is 18.3 Å². The number of anilines is 1. The van der Waals surface area contributed by atoms with Gasteiger partial charge in [0.15, 0.2) is 0 Å². The predicted molar refractivity (Wildman–Crippen MR) is 79.6 cm³/mol. The van der Waals surface area contributed by atoms with E-state index < -0.39 is 10.0 Å². The third-order valence-electron chi connectivity index (χ3n) is 2.38. The highest BCUT2D eigenvalue weighted by Crippen LogP contribution is 2.28. The van der Waals surface area contributed by atoms with Crippen LogP contribution in [-0.4, -0.2) is 45.3 Å². The van der Waals surface area contributed by atoms with Crippen LogP contribution in [0.5, 0.6) is 11.5 Å². The van der Waals surface area contributed by atoms with E-state index in [9.17, 15) is 13.5 Å². The van der Waals surface area contributed by atoms with Crippen LogP contribution in [0, 0.1) is 0 Å². The van der Waals surface area contributed by atoms with Gasteiger partial charge in [0.2, 0.25) is 10.0 Å². The van der Waals surface area contributed by atoms with Gasteiger partial charge in [-0.05, 0) is 12.1 Å². The molecule has 1 aromatic rings. The number of phenolic OH excluding ortho intramolecular Hbond substituents is 1. The summed E-state index contributed by atoms with van der Waals surface area (Å²) in [6.45, 7) is 1.81. The van der Waals surface area contributed by atoms with E-state index in [4.69, 9.17) is 4.74 Å². The molecule has 0 unspecified atom stereocenters. The molecule has 0 spiro atoms. The zero-order valence-corrected chi connectivity index (χ0v) is 12.4. The number of benzene rings is 1. The Bertz CT molecular complexity index is 604. The van der Waals surface area contributed by atoms with Crippen LogP contribution in [0.1, 0.15) is 0 Å². The average Bonchev–Trinajstić information content (AvgIpc) is 2.81. The SMILES string of the molecule is CS(=O)(=O)Nc1cc(OCC2=NCCN2)ccc1O.Cl. The van der Waals surface area contributed by atoms with E-state index in [1.165, 1.54) is 12.1 Å². The highest BCUT2D eigenvalue weighted by Gasteiger charge is 2.10. The van der Waals surface area contributed by atoms with Crippen molar-refractivity contribution in [3.63, 3.8) is 0 Å². The van der Waals surface area contributed by atoms with Crippen molar-refractivity contribution in [3.05, 3.63) is 18.2 Å². The number of nitrogens with one attached hydrogen (secondary N) is 2. The lowest BCUT2D eigenvalue weighted by Crippen LogP contribution is -2.24. The van der Waals surface area contributed by atoms with Crippen molar-refractivity contribution in [1.82, 2.24) is 5.32 Å². The minimum atomic E-state index is -3.45. The summed E-state index contributed by atoms with van der Waals surface area (Å²) in [6.07, 6.45) is 1.01. The van der Waals surface area contributed by atoms with Crippen LogP contribution < -0.4 is 14.8 Å². The standard InChI is InChI=1S/C11H15N3O4S.ClH/c1-19(16,17)14-9-6-8(2-3-10(9)15)18-7-11-12-4-5-13-11;/h2-3,6,14-15H,4-5,7H2,1H3,(H,12,13);1H. The highest BCUT2D eigenvalue weighted by molar-refractivity contribution is 7.92. The van der Waals surface area contributed by atoms with E-state index in [0.29, 0.717) is 5.75 Å². The van der Waals surface area contributed by atoms with E-state index in [2.05, 4.69) is 15.0 Å². The molecule has 1 aliphatic heterocycles. The van der Waals surface area contributed by atoms with E-state index in [0.717, 1.165) is 25.2 Å². The molecule has 1 heterocycles. The third-order valence-corrected chi connectivity index (χ3v) is 2.97. The molecule has 20 heavy (non-hydrogen) atoms. The minimum Gasteiger partial charge on any atom is -0.506 e. The van der Waals surface area contributed by atoms with Gasteiger partial charge in [0, 0.05) is 12.6 Å². The van der Waals surface area contributed by atoms with E-state index in [1.807, 2.05) is 0 Å². The minimum absolute atomic E-state index is 0. The zero-order valence-electron chi connectivity index (χ0n) is 10.8. The number of phenols is 1. The van der Waals surface area contributed by atoms with E-state index >= 15 is 0 Å². The lowest BCUT2D eigenvalue weighted by Gasteiger charge is -2.10. The average molecular weight is 322 g/mol. The van der Waals surface area contributed by atoms with Gasteiger partial charge in [-0.1, -0.05) is 0 Å². The lowest BCUT2D eigenvalue weighted by molar-refractivity contribution is 0.372. The third kappa shape index (κ3) is 4.78. The molecule has 1 aromatic carbocycles. The number of aromatic hydroxyl groups is 1. The number of halogens is 1. The van der Waals surface area contributed by atoms with Crippen molar-refractivity contribution in [2.75, 3.05) is 30.7 Å². The normalized spacial score (nSPS) is 13.9. The number of sulfonamides is 1. The second-order valence-electron chi connectivity index (χ2n) is 4.10. The molecule has 112 valence electrons. The predicted octanol–water partition coefficient (Wildman–Crippen LogP) is 0.566. The molecule has 0 radical (unpaired) electrons. The van der Waals surface area contributed by atoms with Crippen LogP contribution >= 0.6 is 12.4 Å². The number of hydrogen-bond donors (Lipinski definition) is 3. The van der Waals surface area contributed by atoms with Gasteiger partial charge in [-0.25, -0.2) is 8.42 Å². The fraction of sp³-hybridized carbons (Fsp3) is 0.364. The largest absolute Gasteiger partial charge is 0.506 e. The number of nitrogens with zero attached hydrogens (tertiary/aromatic N) is 1. The Morgan fingerprint density at radius 3 is 2.85 bits per heavy atom. The highest BCUT2D eigenvalue weighted by atomic mass is 35.5. The quantitative estimate of drug-likeness (QED) is 0.688. The van der Waals surface area contributed by atoms with E-state index in [-0.39, 0.29) is 30.5 Å². The molecule has 0 aliphatic carbocycles. The molecule has 0 aromatic heterocycles. The van der Waals surface area contributed by atoms with Crippen LogP contribution in [0.15, 0.2) is 23.2 Å². The summed E-state index contributed by atoms with van der Waals surface area (Å²) in [7, 11) is -3.45. The Balaban J connectivity index is 0.00000200. The van der Waals surface area contributed by atoms with Gasteiger partial charge in [0.25, 0.3) is 0 Å². The summed E-state index contributed by atoms with van der Waals surface area (Å²) in [5, 5.41) is 12.6. The topological polar surface area (TPSA) is 100 Å². The lowest BCUT2D eigenvalue weighted by atomic mass is 10.3. The summed E-state index contributed by atoms with van der Waals surface area (Å²) in [5.41, 5.74) is 0.0846. The second kappa shape index (κ2) is 6.67. The fourth-order valence-corrected chi connectivity index (χ4v) is 2.14. The van der Waals surface area contributed by atoms with Crippen LogP contribution in [0.2, 0.25) is 0 Å². The van der Waals surface area contributed by atoms with Gasteiger partial charge in [0.1, 0.15) is 23.9 Å². The van der Waals surface area contributed by atoms with Gasteiger partial charge in [0.05, 0.1) is 18.5 Å². The molecule has 3 N–H and O–H groups in total. The van der Waals surface area contributed by atoms with E-state index in [1.54, 1.807) is 6.07 Å². The van der Waals surface area contributed by atoms with Crippen LogP contribution in [-0.2, 0) is 10.0 Å². The van der Waals surface area contributed by atoms with Crippen LogP contribution in [0.4, 0.5) is 5.69 Å². The monoisotopic (exact) mass is 321 g/mol. The maximum atomic E-state index is 11.1. The van der Waals surface area contributed by atoms with Crippen LogP contribution in [0.3, 0.4) is 0 Å². The van der Waals surface area contributed by atoms with Crippen molar-refractivity contribution in [1.29, 1.82) is 0 Å². The zero-order chi connectivity index (χ0) is 13.9. The molecule has 1 aliphatic rings. The molecule has 0 amide bonds. The number of hydrogen-bond acceptors (Lipinski definition) is 6. The van der Waals surface area contributed by atoms with Gasteiger partial charge in [-0.3, -0.25) is 9.71 Å². The molecule has 0 saturated heterocycles. The van der Waals surface area contributed by atoms with Gasteiger partial charge < -0.3 is 15.2 Å². The summed E-state index contributed by atoms with van der Waals surface area (Å²) >= 11 is 0. The molecule has 0 saturated carbocycles. The van der Waals surface area contributed by atoms with Crippen LogP contribution in [0.25, 0.3) is 0 Å². The molecule has 7 nitrogen and oxygen atoms in total. The van der Waals surface area contributed by atoms with Crippen molar-refractivity contribution in [3.8, 4) is 11.5 Å². The number of ether oxygens (including phenoxy) is 1. The Morgan fingerprint density at radius 1 is 1.50 bits per heavy atom. The first-order valence-corrected chi connectivity index (χ1v) is 7.54. The van der Waals surface area contributed by atoms with Gasteiger partial charge in [-0.2, -0.15) is 0 Å².